The summed E-state index contributed by atoms with van der Waals surface area (Å²) < 4.78 is 5.24. The highest BCUT2D eigenvalue weighted by atomic mass is 35.5. The summed E-state index contributed by atoms with van der Waals surface area (Å²) in [5.74, 6) is 1.30. The molecule has 0 atom stereocenters. The SMILES string of the molecule is COc1ccc2c(CCNC(=O)CCNc3nc(Cl)nc4nc[nH]c34)c[nH]c2c1. The first-order valence-corrected chi connectivity index (χ1v) is 9.53. The Morgan fingerprint density at radius 3 is 3.00 bits per heavy atom. The van der Waals surface area contributed by atoms with Crippen LogP contribution >= 0.6 is 11.6 Å². The van der Waals surface area contributed by atoms with Crippen LogP contribution in [0.15, 0.2) is 30.7 Å². The third-order valence-electron chi connectivity index (χ3n) is 4.59. The Kier molecular flexibility index (Phi) is 5.48. The first-order valence-electron chi connectivity index (χ1n) is 9.15. The van der Waals surface area contributed by atoms with Crippen LogP contribution < -0.4 is 15.4 Å². The largest absolute Gasteiger partial charge is 0.497 e. The normalized spacial score (nSPS) is 11.1. The number of nitrogens with zero attached hydrogens (tertiary/aromatic N) is 3. The molecule has 0 aliphatic heterocycles. The second-order valence-electron chi connectivity index (χ2n) is 6.44. The molecular weight excluding hydrogens is 394 g/mol. The van der Waals surface area contributed by atoms with Crippen molar-refractivity contribution in [2.45, 2.75) is 12.8 Å². The lowest BCUT2D eigenvalue weighted by Gasteiger charge is -2.08. The minimum atomic E-state index is -0.0416. The number of H-pyrrole nitrogens is 2. The van der Waals surface area contributed by atoms with Crippen molar-refractivity contribution < 1.29 is 9.53 Å². The molecule has 4 aromatic rings. The number of hydrogen-bond acceptors (Lipinski definition) is 6. The van der Waals surface area contributed by atoms with Crippen LogP contribution in [0.4, 0.5) is 5.82 Å². The number of hydrogen-bond donors (Lipinski definition) is 4. The Morgan fingerprint density at radius 2 is 2.14 bits per heavy atom. The van der Waals surface area contributed by atoms with E-state index in [2.05, 4.69) is 35.6 Å². The highest BCUT2D eigenvalue weighted by Gasteiger charge is 2.10. The van der Waals surface area contributed by atoms with E-state index in [9.17, 15) is 4.79 Å². The number of anilines is 1. The van der Waals surface area contributed by atoms with Gasteiger partial charge in [-0.1, -0.05) is 0 Å². The van der Waals surface area contributed by atoms with Gasteiger partial charge in [0.2, 0.25) is 11.2 Å². The third kappa shape index (κ3) is 4.24. The van der Waals surface area contributed by atoms with E-state index in [-0.39, 0.29) is 11.2 Å². The minimum Gasteiger partial charge on any atom is -0.497 e. The fourth-order valence-corrected chi connectivity index (χ4v) is 3.32. The highest BCUT2D eigenvalue weighted by molar-refractivity contribution is 6.28. The second-order valence-corrected chi connectivity index (χ2v) is 6.78. The van der Waals surface area contributed by atoms with Gasteiger partial charge >= 0.3 is 0 Å². The van der Waals surface area contributed by atoms with Crippen LogP contribution in [0.2, 0.25) is 5.28 Å². The van der Waals surface area contributed by atoms with Crippen LogP contribution in [0.1, 0.15) is 12.0 Å². The number of methoxy groups -OCH3 is 1. The zero-order valence-electron chi connectivity index (χ0n) is 15.8. The number of ether oxygens (including phenoxy) is 1. The maximum Gasteiger partial charge on any atom is 0.226 e. The van der Waals surface area contributed by atoms with Gasteiger partial charge in [0.1, 0.15) is 11.3 Å². The summed E-state index contributed by atoms with van der Waals surface area (Å²) in [5.41, 5.74) is 3.31. The van der Waals surface area contributed by atoms with E-state index in [0.717, 1.165) is 28.6 Å². The number of aromatic nitrogens is 5. The number of aromatic amines is 2. The third-order valence-corrected chi connectivity index (χ3v) is 4.76. The number of amides is 1. The monoisotopic (exact) mass is 413 g/mol. The lowest BCUT2D eigenvalue weighted by molar-refractivity contribution is -0.120. The zero-order valence-corrected chi connectivity index (χ0v) is 16.5. The number of rotatable bonds is 8. The summed E-state index contributed by atoms with van der Waals surface area (Å²) >= 11 is 5.89. The first-order chi connectivity index (χ1) is 14.1. The Balaban J connectivity index is 1.26. The number of halogens is 1. The van der Waals surface area contributed by atoms with Crippen LogP contribution in [0.3, 0.4) is 0 Å². The summed E-state index contributed by atoms with van der Waals surface area (Å²) in [4.78, 5) is 30.5. The van der Waals surface area contributed by atoms with Gasteiger partial charge in [0.15, 0.2) is 11.5 Å². The van der Waals surface area contributed by atoms with Gasteiger partial charge in [0.05, 0.1) is 13.4 Å². The summed E-state index contributed by atoms with van der Waals surface area (Å²) in [6.07, 6.45) is 4.53. The molecule has 0 saturated heterocycles. The molecule has 0 fully saturated rings. The van der Waals surface area contributed by atoms with Gasteiger partial charge in [-0.2, -0.15) is 9.97 Å². The molecule has 0 unspecified atom stereocenters. The topological polar surface area (TPSA) is 121 Å². The standard InChI is InChI=1S/C19H20ClN7O2/c1-29-12-2-3-13-11(9-23-14(13)8-12)4-6-21-15(28)5-7-22-17-16-18(25-10-24-16)27-19(20)26-17/h2-3,8-10,23H,4-7H2,1H3,(H,21,28)(H2,22,24,25,26,27). The molecule has 3 aromatic heterocycles. The van der Waals surface area contributed by atoms with E-state index >= 15 is 0 Å². The fraction of sp³-hybridized carbons (Fsp3) is 0.263. The molecule has 1 amide bonds. The van der Waals surface area contributed by atoms with Crippen molar-refractivity contribution in [1.29, 1.82) is 0 Å². The van der Waals surface area contributed by atoms with Crippen LogP contribution in [-0.4, -0.2) is 51.0 Å². The van der Waals surface area contributed by atoms with Crippen molar-refractivity contribution in [2.75, 3.05) is 25.5 Å². The van der Waals surface area contributed by atoms with Crippen molar-refractivity contribution in [3.63, 3.8) is 0 Å². The molecule has 0 spiro atoms. The van der Waals surface area contributed by atoms with Crippen molar-refractivity contribution in [2.24, 2.45) is 0 Å². The Bertz CT molecular complexity index is 1150. The molecule has 0 aliphatic rings. The predicted molar refractivity (Wildman–Crippen MR) is 111 cm³/mol. The van der Waals surface area contributed by atoms with E-state index in [1.54, 1.807) is 7.11 Å². The molecule has 0 radical (unpaired) electrons. The average Bonchev–Trinajstić information content (AvgIpc) is 3.34. The predicted octanol–water partition coefficient (Wildman–Crippen LogP) is 2.66. The minimum absolute atomic E-state index is 0.0416. The molecule has 0 saturated carbocycles. The summed E-state index contributed by atoms with van der Waals surface area (Å²) in [7, 11) is 1.65. The van der Waals surface area contributed by atoms with Crippen molar-refractivity contribution in [3.05, 3.63) is 41.6 Å². The maximum absolute atomic E-state index is 12.1. The van der Waals surface area contributed by atoms with Gasteiger partial charge in [-0.3, -0.25) is 4.79 Å². The Labute approximate surface area is 171 Å². The highest BCUT2D eigenvalue weighted by Crippen LogP contribution is 2.23. The number of carbonyl (C=O) groups excluding carboxylic acids is 1. The van der Waals surface area contributed by atoms with Gasteiger partial charge in [0, 0.05) is 42.7 Å². The quantitative estimate of drug-likeness (QED) is 0.329. The van der Waals surface area contributed by atoms with E-state index in [1.807, 2.05) is 24.4 Å². The number of carbonyl (C=O) groups is 1. The molecule has 3 heterocycles. The van der Waals surface area contributed by atoms with E-state index in [1.165, 1.54) is 6.33 Å². The molecule has 150 valence electrons. The summed E-state index contributed by atoms with van der Waals surface area (Å²) in [5, 5.41) is 7.28. The van der Waals surface area contributed by atoms with Gasteiger partial charge in [-0.25, -0.2) is 4.98 Å². The molecular formula is C19H20ClN7O2. The molecule has 29 heavy (non-hydrogen) atoms. The van der Waals surface area contributed by atoms with Gasteiger partial charge in [-0.15, -0.1) is 0 Å². The van der Waals surface area contributed by atoms with Gasteiger partial charge < -0.3 is 25.3 Å². The molecule has 10 heteroatoms. The Hall–Kier alpha value is -3.33. The number of benzene rings is 1. The molecule has 9 nitrogen and oxygen atoms in total. The van der Waals surface area contributed by atoms with E-state index in [0.29, 0.717) is 36.5 Å². The van der Waals surface area contributed by atoms with Crippen LogP contribution in [0.25, 0.3) is 22.1 Å². The summed E-state index contributed by atoms with van der Waals surface area (Å²) in [6.45, 7) is 0.974. The number of nitrogens with one attached hydrogen (secondary N) is 4. The van der Waals surface area contributed by atoms with Crippen LogP contribution in [0.5, 0.6) is 5.75 Å². The van der Waals surface area contributed by atoms with Crippen molar-refractivity contribution >= 4 is 45.4 Å². The van der Waals surface area contributed by atoms with Crippen LogP contribution in [-0.2, 0) is 11.2 Å². The lowest BCUT2D eigenvalue weighted by Crippen LogP contribution is -2.27. The summed E-state index contributed by atoms with van der Waals surface area (Å²) in [6, 6.07) is 5.91. The number of fused-ring (bicyclic) bond motifs is 2. The molecule has 0 aliphatic carbocycles. The molecule has 4 rings (SSSR count). The first kappa shape index (κ1) is 19.0. The Morgan fingerprint density at radius 1 is 1.24 bits per heavy atom. The molecule has 4 N–H and O–H groups in total. The van der Waals surface area contributed by atoms with Gasteiger partial charge in [0.25, 0.3) is 0 Å². The van der Waals surface area contributed by atoms with Crippen LogP contribution in [0, 0.1) is 0 Å². The lowest BCUT2D eigenvalue weighted by atomic mass is 10.1. The molecule has 1 aromatic carbocycles. The smallest absolute Gasteiger partial charge is 0.226 e. The van der Waals surface area contributed by atoms with E-state index in [4.69, 9.17) is 16.3 Å². The van der Waals surface area contributed by atoms with E-state index < -0.39 is 0 Å². The second kappa shape index (κ2) is 8.36. The molecule has 0 bridgehead atoms. The maximum atomic E-state index is 12.1. The van der Waals surface area contributed by atoms with Gasteiger partial charge in [-0.05, 0) is 35.7 Å². The average molecular weight is 414 g/mol. The van der Waals surface area contributed by atoms with Crippen molar-refractivity contribution in [1.82, 2.24) is 30.2 Å². The van der Waals surface area contributed by atoms with Crippen molar-refractivity contribution in [3.8, 4) is 5.75 Å². The number of imidazole rings is 1. The fourth-order valence-electron chi connectivity index (χ4n) is 3.15. The zero-order chi connectivity index (χ0) is 20.2.